The molecule has 4 rings (SSSR count). The van der Waals surface area contributed by atoms with E-state index in [1.54, 1.807) is 22.7 Å². The lowest BCUT2D eigenvalue weighted by Crippen LogP contribution is -2.28. The summed E-state index contributed by atoms with van der Waals surface area (Å²) in [7, 11) is 0. The van der Waals surface area contributed by atoms with Crippen LogP contribution in [0.15, 0.2) is 47.5 Å². The number of carboxylic acid groups (broad SMARTS) is 1. The molecule has 0 saturated carbocycles. The normalized spacial score (nSPS) is 12.6. The second-order valence-electron chi connectivity index (χ2n) is 6.30. The predicted octanol–water partition coefficient (Wildman–Crippen LogP) is 2.80. The summed E-state index contributed by atoms with van der Waals surface area (Å²) in [6, 6.07) is 6.68. The Morgan fingerprint density at radius 1 is 1.22 bits per heavy atom. The zero-order valence-electron chi connectivity index (χ0n) is 14.5. The molecule has 0 fully saturated rings. The number of hydrogen-bond acceptors (Lipinski definition) is 4. The minimum Gasteiger partial charge on any atom is -0.480 e. The van der Waals surface area contributed by atoms with E-state index in [4.69, 9.17) is 5.11 Å². The van der Waals surface area contributed by atoms with Gasteiger partial charge in [-0.15, -0.1) is 0 Å². The molecule has 0 aliphatic heterocycles. The number of aryl methyl sites for hydroxylation is 1. The Labute approximate surface area is 152 Å². The van der Waals surface area contributed by atoms with Crippen LogP contribution in [0, 0.1) is 12.7 Å². The molecule has 27 heavy (non-hydrogen) atoms. The second-order valence-corrected chi connectivity index (χ2v) is 6.30. The molecule has 1 aromatic carbocycles. The minimum absolute atomic E-state index is 0.270. The Kier molecular flexibility index (Phi) is 3.76. The number of rotatable bonds is 3. The third kappa shape index (κ3) is 2.57. The largest absolute Gasteiger partial charge is 0.480 e. The number of fused-ring (bicyclic) bond motifs is 3. The fourth-order valence-electron chi connectivity index (χ4n) is 3.17. The number of hydrogen-bond donors (Lipinski definition) is 1. The van der Waals surface area contributed by atoms with E-state index in [2.05, 4.69) is 10.1 Å². The van der Waals surface area contributed by atoms with Gasteiger partial charge in [0.1, 0.15) is 11.9 Å². The molecule has 0 saturated heterocycles. The van der Waals surface area contributed by atoms with Crippen LogP contribution in [0.1, 0.15) is 18.7 Å². The molecule has 1 N–H and O–H groups in total. The molecule has 3 aromatic heterocycles. The van der Waals surface area contributed by atoms with Crippen molar-refractivity contribution in [2.75, 3.05) is 0 Å². The third-order valence-corrected chi connectivity index (χ3v) is 4.62. The number of carbonyl (C=O) groups is 1. The number of aliphatic carboxylic acids is 1. The van der Waals surface area contributed by atoms with Crippen molar-refractivity contribution in [3.8, 4) is 11.1 Å². The first-order chi connectivity index (χ1) is 12.9. The van der Waals surface area contributed by atoms with E-state index in [0.717, 1.165) is 15.7 Å². The van der Waals surface area contributed by atoms with Gasteiger partial charge in [-0.05, 0) is 37.6 Å². The first kappa shape index (κ1) is 16.9. The maximum atomic E-state index is 13.2. The summed E-state index contributed by atoms with van der Waals surface area (Å²) in [5.74, 6) is -1.43. The molecule has 1 unspecified atom stereocenters. The zero-order chi connectivity index (χ0) is 19.3. The number of carboxylic acids is 1. The lowest BCUT2D eigenvalue weighted by Gasteiger charge is -2.11. The highest BCUT2D eigenvalue weighted by Gasteiger charge is 2.19. The Hall–Kier alpha value is -3.55. The Bertz CT molecular complexity index is 1260. The summed E-state index contributed by atoms with van der Waals surface area (Å²) in [6.45, 7) is 3.25. The quantitative estimate of drug-likeness (QED) is 0.602. The van der Waals surface area contributed by atoms with Gasteiger partial charge < -0.3 is 9.67 Å². The first-order valence-corrected chi connectivity index (χ1v) is 8.26. The van der Waals surface area contributed by atoms with Gasteiger partial charge in [0.05, 0.1) is 16.6 Å². The number of aromatic nitrogens is 4. The van der Waals surface area contributed by atoms with Gasteiger partial charge in [-0.25, -0.2) is 18.7 Å². The van der Waals surface area contributed by atoms with Crippen LogP contribution in [0.4, 0.5) is 4.39 Å². The fraction of sp³-hybridized carbons (Fsp3) is 0.158. The molecule has 0 aliphatic rings. The Morgan fingerprint density at radius 2 is 1.93 bits per heavy atom. The Morgan fingerprint density at radius 3 is 2.59 bits per heavy atom. The van der Waals surface area contributed by atoms with Gasteiger partial charge in [0.25, 0.3) is 5.56 Å². The maximum Gasteiger partial charge on any atom is 0.326 e. The number of pyridine rings is 1. The number of nitrogens with zero attached hydrogens (tertiary/aromatic N) is 4. The zero-order valence-corrected chi connectivity index (χ0v) is 14.5. The molecular formula is C19H15FN4O3. The second kappa shape index (κ2) is 6.01. The summed E-state index contributed by atoms with van der Waals surface area (Å²) in [6.07, 6.45) is 2.86. The maximum absolute atomic E-state index is 13.2. The van der Waals surface area contributed by atoms with E-state index in [1.165, 1.54) is 31.5 Å². The summed E-state index contributed by atoms with van der Waals surface area (Å²) in [5, 5.41) is 13.9. The van der Waals surface area contributed by atoms with Gasteiger partial charge in [-0.1, -0.05) is 12.1 Å². The van der Waals surface area contributed by atoms with Crippen molar-refractivity contribution < 1.29 is 14.3 Å². The van der Waals surface area contributed by atoms with Crippen molar-refractivity contribution in [2.24, 2.45) is 0 Å². The van der Waals surface area contributed by atoms with Crippen molar-refractivity contribution in [3.63, 3.8) is 0 Å². The molecule has 136 valence electrons. The van der Waals surface area contributed by atoms with Crippen LogP contribution in [0.3, 0.4) is 0 Å². The van der Waals surface area contributed by atoms with E-state index < -0.39 is 17.6 Å². The van der Waals surface area contributed by atoms with Gasteiger partial charge in [-0.3, -0.25) is 4.79 Å². The standard InChI is InChI=1S/C19H15FN4O3/c1-10-16(12-3-5-13(20)6-4-12)17-21-9-14-15(24(17)22-10)7-8-23(18(14)25)11(2)19(26)27/h3-9,11H,1-2H3,(H,26,27). The molecule has 4 aromatic rings. The van der Waals surface area contributed by atoms with Crippen molar-refractivity contribution in [3.05, 3.63) is 64.6 Å². The number of halogens is 1. The van der Waals surface area contributed by atoms with Crippen LogP contribution in [0.5, 0.6) is 0 Å². The smallest absolute Gasteiger partial charge is 0.326 e. The molecule has 8 heteroatoms. The topological polar surface area (TPSA) is 89.5 Å². The van der Waals surface area contributed by atoms with Crippen LogP contribution in [-0.2, 0) is 4.79 Å². The molecule has 1 atom stereocenters. The molecule has 0 spiro atoms. The number of benzene rings is 1. The van der Waals surface area contributed by atoms with E-state index in [0.29, 0.717) is 16.9 Å². The van der Waals surface area contributed by atoms with E-state index >= 15 is 0 Å². The van der Waals surface area contributed by atoms with Crippen molar-refractivity contribution in [1.82, 2.24) is 19.2 Å². The molecule has 7 nitrogen and oxygen atoms in total. The first-order valence-electron chi connectivity index (χ1n) is 8.26. The van der Waals surface area contributed by atoms with Gasteiger partial charge in [0, 0.05) is 18.0 Å². The summed E-state index contributed by atoms with van der Waals surface area (Å²) in [5.41, 5.74) is 2.81. The summed E-state index contributed by atoms with van der Waals surface area (Å²) < 4.78 is 15.9. The fourth-order valence-corrected chi connectivity index (χ4v) is 3.17. The molecule has 3 heterocycles. The van der Waals surface area contributed by atoms with Crippen LogP contribution in [0.25, 0.3) is 27.7 Å². The third-order valence-electron chi connectivity index (χ3n) is 4.62. The monoisotopic (exact) mass is 366 g/mol. The van der Waals surface area contributed by atoms with Crippen LogP contribution in [-0.4, -0.2) is 30.2 Å². The SMILES string of the molecule is Cc1nn2c(ncc3c(=O)n(C(C)C(=O)O)ccc32)c1-c1ccc(F)cc1. The van der Waals surface area contributed by atoms with Gasteiger partial charge in [-0.2, -0.15) is 5.10 Å². The highest BCUT2D eigenvalue weighted by molar-refractivity contribution is 5.86. The van der Waals surface area contributed by atoms with Crippen molar-refractivity contribution in [1.29, 1.82) is 0 Å². The Balaban J connectivity index is 1.99. The van der Waals surface area contributed by atoms with Gasteiger partial charge in [0.15, 0.2) is 5.65 Å². The van der Waals surface area contributed by atoms with E-state index in [9.17, 15) is 14.0 Å². The molecule has 0 amide bonds. The van der Waals surface area contributed by atoms with Crippen LogP contribution < -0.4 is 5.56 Å². The molecule has 0 bridgehead atoms. The highest BCUT2D eigenvalue weighted by Crippen LogP contribution is 2.28. The molecule has 0 radical (unpaired) electrons. The minimum atomic E-state index is -1.10. The van der Waals surface area contributed by atoms with Gasteiger partial charge >= 0.3 is 5.97 Å². The van der Waals surface area contributed by atoms with Crippen LogP contribution >= 0.6 is 0 Å². The lowest BCUT2D eigenvalue weighted by molar-refractivity contribution is -0.140. The van der Waals surface area contributed by atoms with Crippen molar-refractivity contribution in [2.45, 2.75) is 19.9 Å². The van der Waals surface area contributed by atoms with Crippen LogP contribution in [0.2, 0.25) is 0 Å². The lowest BCUT2D eigenvalue weighted by atomic mass is 10.1. The van der Waals surface area contributed by atoms with Gasteiger partial charge in [0.2, 0.25) is 0 Å². The average molecular weight is 366 g/mol. The summed E-state index contributed by atoms with van der Waals surface area (Å²) >= 11 is 0. The predicted molar refractivity (Wildman–Crippen MR) is 97.2 cm³/mol. The molecule has 0 aliphatic carbocycles. The summed E-state index contributed by atoms with van der Waals surface area (Å²) in [4.78, 5) is 28.3. The van der Waals surface area contributed by atoms with Crippen molar-refractivity contribution >= 4 is 22.5 Å². The average Bonchev–Trinajstić information content (AvgIpc) is 2.98. The highest BCUT2D eigenvalue weighted by atomic mass is 19.1. The van der Waals surface area contributed by atoms with E-state index in [-0.39, 0.29) is 11.2 Å². The van der Waals surface area contributed by atoms with E-state index in [1.807, 2.05) is 6.92 Å². The molecular weight excluding hydrogens is 351 g/mol.